The lowest BCUT2D eigenvalue weighted by atomic mass is 10.0. The third-order valence-corrected chi connectivity index (χ3v) is 13.1. The van der Waals surface area contributed by atoms with Gasteiger partial charge in [-0.25, -0.2) is 35.3 Å². The summed E-state index contributed by atoms with van der Waals surface area (Å²) in [5.41, 5.74) is 3.47. The Bertz CT molecular complexity index is 2150. The van der Waals surface area contributed by atoms with Gasteiger partial charge < -0.3 is 48.5 Å². The third kappa shape index (κ3) is 20.1. The number of nitrogens with two attached hydrogens (primary N) is 1. The molecular formula is C55H90N8O15. The van der Waals surface area contributed by atoms with Crippen LogP contribution in [-0.2, 0) is 61.1 Å². The highest BCUT2D eigenvalue weighted by atomic mass is 16.7. The van der Waals surface area contributed by atoms with Crippen molar-refractivity contribution < 1.29 is 72.2 Å². The van der Waals surface area contributed by atoms with Crippen LogP contribution >= 0.6 is 0 Å². The molecule has 440 valence electrons. The minimum absolute atomic E-state index is 0. The van der Waals surface area contributed by atoms with Crippen LogP contribution in [0.3, 0.4) is 0 Å². The highest BCUT2D eigenvalue weighted by Crippen LogP contribution is 2.32. The van der Waals surface area contributed by atoms with Gasteiger partial charge in [-0.3, -0.25) is 19.3 Å². The van der Waals surface area contributed by atoms with E-state index >= 15 is 0 Å². The largest absolute Gasteiger partial charge is 0.480 e. The molecule has 78 heavy (non-hydrogen) atoms. The van der Waals surface area contributed by atoms with Gasteiger partial charge in [0.15, 0.2) is 0 Å². The molecule has 6 aliphatic rings. The molecule has 2 aromatic carbocycles. The monoisotopic (exact) mass is 1100 g/mol. The normalized spacial score (nSPS) is 21.2. The van der Waals surface area contributed by atoms with Crippen molar-refractivity contribution in [1.29, 1.82) is 0 Å². The molecule has 0 aromatic heterocycles. The molecule has 0 unspecified atom stereocenters. The van der Waals surface area contributed by atoms with Gasteiger partial charge >= 0.3 is 30.2 Å². The van der Waals surface area contributed by atoms with Crippen molar-refractivity contribution in [2.45, 2.75) is 176 Å². The molecule has 6 heterocycles. The van der Waals surface area contributed by atoms with Crippen LogP contribution in [0.2, 0.25) is 0 Å². The Kier molecular flexibility index (Phi) is 27.0. The first-order chi connectivity index (χ1) is 35.8. The summed E-state index contributed by atoms with van der Waals surface area (Å²) in [6.45, 7) is 16.6. The SMILES string of the molecule is C.C.C.CC(C)(C)OC(=O)N1CCC(OCCON)CC1.CC(C)(C)OC(=O)N1CCC(OCCONC(=O)[C@@H]2CC[C@@H]3CN2C(=O)N3OCc2ccccc2)CC1.O=C(O)[C@@H]1CC[C@@H]2CN1C(=O)N2OCc1ccccc1. The topological polar surface area (TPSA) is 254 Å². The summed E-state index contributed by atoms with van der Waals surface area (Å²) < 4.78 is 22.1. The summed E-state index contributed by atoms with van der Waals surface area (Å²) in [5.74, 6) is 3.63. The number of hydroxylamine groups is 5. The van der Waals surface area contributed by atoms with Gasteiger partial charge in [0.1, 0.15) is 36.5 Å². The molecule has 0 aliphatic carbocycles. The predicted octanol–water partition coefficient (Wildman–Crippen LogP) is 7.52. The third-order valence-electron chi connectivity index (χ3n) is 13.1. The lowest BCUT2D eigenvalue weighted by Gasteiger charge is -2.33. The molecule has 7 amide bonds. The fourth-order valence-corrected chi connectivity index (χ4v) is 9.33. The van der Waals surface area contributed by atoms with E-state index in [-0.39, 0.29) is 83.3 Å². The Morgan fingerprint density at radius 1 is 0.577 bits per heavy atom. The number of carbonyl (C=O) groups excluding carboxylic acids is 5. The number of nitrogens with zero attached hydrogens (tertiary/aromatic N) is 6. The van der Waals surface area contributed by atoms with Gasteiger partial charge in [0.05, 0.1) is 50.7 Å². The van der Waals surface area contributed by atoms with Crippen LogP contribution in [0.4, 0.5) is 19.2 Å². The molecule has 4 N–H and O–H groups in total. The average Bonchev–Trinajstić information content (AvgIpc) is 3.76. The van der Waals surface area contributed by atoms with Crippen molar-refractivity contribution in [3.63, 3.8) is 0 Å². The number of likely N-dealkylation sites (tertiary alicyclic amines) is 2. The molecule has 0 saturated carbocycles. The van der Waals surface area contributed by atoms with Crippen molar-refractivity contribution in [3.8, 4) is 0 Å². The molecule has 23 nitrogen and oxygen atoms in total. The first-order valence-electron chi connectivity index (χ1n) is 26.0. The summed E-state index contributed by atoms with van der Waals surface area (Å²) in [6, 6.07) is 17.2. The molecular weight excluding hydrogens is 1010 g/mol. The van der Waals surface area contributed by atoms with Crippen LogP contribution in [0.1, 0.15) is 126 Å². The van der Waals surface area contributed by atoms with Gasteiger partial charge in [0.2, 0.25) is 0 Å². The summed E-state index contributed by atoms with van der Waals surface area (Å²) in [4.78, 5) is 100. The first kappa shape index (κ1) is 66.5. The summed E-state index contributed by atoms with van der Waals surface area (Å²) in [7, 11) is 0. The van der Waals surface area contributed by atoms with Gasteiger partial charge in [-0.15, -0.1) is 0 Å². The second-order valence-corrected chi connectivity index (χ2v) is 21.1. The van der Waals surface area contributed by atoms with Crippen molar-refractivity contribution >= 4 is 36.1 Å². The number of ether oxygens (including phenoxy) is 4. The number of aliphatic carboxylic acids is 1. The Hall–Kier alpha value is -5.82. The highest BCUT2D eigenvalue weighted by Gasteiger charge is 2.49. The van der Waals surface area contributed by atoms with Gasteiger partial charge in [-0.2, -0.15) is 10.1 Å². The zero-order chi connectivity index (χ0) is 54.1. The van der Waals surface area contributed by atoms with Crippen LogP contribution < -0.4 is 11.4 Å². The number of nitrogens with one attached hydrogen (secondary N) is 1. The van der Waals surface area contributed by atoms with Crippen LogP contribution in [0, 0.1) is 0 Å². The maximum atomic E-state index is 12.9. The van der Waals surface area contributed by atoms with E-state index in [4.69, 9.17) is 44.5 Å². The maximum absolute atomic E-state index is 12.9. The van der Waals surface area contributed by atoms with E-state index < -0.39 is 29.3 Å². The first-order valence-corrected chi connectivity index (χ1v) is 26.0. The van der Waals surface area contributed by atoms with Crippen LogP contribution in [0.5, 0.6) is 0 Å². The Balaban J connectivity index is 0.000000331. The minimum Gasteiger partial charge on any atom is -0.480 e. The number of carboxylic acid groups (broad SMARTS) is 1. The zero-order valence-corrected chi connectivity index (χ0v) is 44.3. The Morgan fingerprint density at radius 2 is 0.974 bits per heavy atom. The van der Waals surface area contributed by atoms with E-state index in [0.29, 0.717) is 98.0 Å². The number of amides is 7. The molecule has 2 aromatic rings. The van der Waals surface area contributed by atoms with Crippen molar-refractivity contribution in [2.24, 2.45) is 5.90 Å². The second-order valence-electron chi connectivity index (χ2n) is 21.1. The lowest BCUT2D eigenvalue weighted by Crippen LogP contribution is -2.49. The van der Waals surface area contributed by atoms with E-state index in [1.54, 1.807) is 14.7 Å². The standard InChI is InChI=1S/C26H38N4O7.C14H16N2O4.C12H24N2O4.3CH4/c1-26(2,3)37-25(33)28-13-11-21(12-14-28)34-15-16-35-27-23(31)22-10-9-20-17-29(22)24(32)30(20)36-18-19-7-5-4-6-8-19;17-13(18)12-7-6-11-8-15(12)14(19)16(11)20-9-10-4-2-1-3-5-10;1-12(2,3)18-11(15)14-6-4-10(5-7-14)16-8-9-17-13;;;/h4-8,20-22H,9-18H2,1-3H3,(H,27,31);1-5,11-12H,6-9H2,(H,17,18);10H,4-9,13H2,1-3H3;3*1H4/t20-,22+;11-,12+;;;;/m11..../s1. The number of carbonyl (C=O) groups is 6. The summed E-state index contributed by atoms with van der Waals surface area (Å²) in [6.07, 6.45) is 5.11. The Morgan fingerprint density at radius 3 is 1.37 bits per heavy atom. The maximum Gasteiger partial charge on any atom is 0.410 e. The molecule has 6 fully saturated rings. The number of urea groups is 2. The fraction of sp³-hybridized carbons (Fsp3) is 0.673. The number of hydrogen-bond donors (Lipinski definition) is 3. The molecule has 4 atom stereocenters. The smallest absolute Gasteiger partial charge is 0.410 e. The van der Waals surface area contributed by atoms with Crippen molar-refractivity contribution in [2.75, 3.05) is 65.7 Å². The van der Waals surface area contributed by atoms with E-state index in [9.17, 15) is 28.8 Å². The zero-order valence-electron chi connectivity index (χ0n) is 44.3. The average molecular weight is 1100 g/mol. The number of hydrogen-bond acceptors (Lipinski definition) is 15. The number of benzene rings is 2. The van der Waals surface area contributed by atoms with Gasteiger partial charge in [-0.05, 0) is 104 Å². The predicted molar refractivity (Wildman–Crippen MR) is 290 cm³/mol. The Labute approximate surface area is 461 Å². The van der Waals surface area contributed by atoms with Gasteiger partial charge in [0.25, 0.3) is 5.91 Å². The molecule has 0 radical (unpaired) electrons. The fourth-order valence-electron chi connectivity index (χ4n) is 9.33. The van der Waals surface area contributed by atoms with Crippen LogP contribution in [0.15, 0.2) is 60.7 Å². The van der Waals surface area contributed by atoms with E-state index in [1.807, 2.05) is 102 Å². The van der Waals surface area contributed by atoms with Crippen LogP contribution in [-0.4, -0.2) is 184 Å². The summed E-state index contributed by atoms with van der Waals surface area (Å²) >= 11 is 0. The number of rotatable bonds is 17. The summed E-state index contributed by atoms with van der Waals surface area (Å²) in [5, 5.41) is 11.9. The molecule has 8 rings (SSSR count). The van der Waals surface area contributed by atoms with E-state index in [1.165, 1.54) is 15.0 Å². The number of fused-ring (bicyclic) bond motifs is 4. The molecule has 0 spiro atoms. The molecule has 6 aliphatic heterocycles. The van der Waals surface area contributed by atoms with Crippen molar-refractivity contribution in [1.82, 2.24) is 35.2 Å². The molecule has 4 bridgehead atoms. The second kappa shape index (κ2) is 31.7. The van der Waals surface area contributed by atoms with Crippen LogP contribution in [0.25, 0.3) is 0 Å². The molecule has 23 heteroatoms. The van der Waals surface area contributed by atoms with Gasteiger partial charge in [-0.1, -0.05) is 82.9 Å². The molecule has 6 saturated heterocycles. The van der Waals surface area contributed by atoms with E-state index in [0.717, 1.165) is 36.8 Å². The number of carboxylic acids is 1. The highest BCUT2D eigenvalue weighted by molar-refractivity contribution is 5.88. The van der Waals surface area contributed by atoms with Gasteiger partial charge in [0, 0.05) is 39.3 Å². The van der Waals surface area contributed by atoms with E-state index in [2.05, 4.69) is 10.3 Å². The number of piperidine rings is 4. The van der Waals surface area contributed by atoms with Crippen molar-refractivity contribution in [3.05, 3.63) is 71.8 Å². The minimum atomic E-state index is -0.943. The quantitative estimate of drug-likeness (QED) is 0.102. The lowest BCUT2D eigenvalue weighted by molar-refractivity contribution is -0.143.